The maximum atomic E-state index is 12.8. The van der Waals surface area contributed by atoms with E-state index in [0.717, 1.165) is 40.1 Å². The first-order valence-electron chi connectivity index (χ1n) is 7.96. The fraction of sp³-hybridized carbons (Fsp3) is 0.211. The van der Waals surface area contributed by atoms with Crippen molar-refractivity contribution in [1.82, 2.24) is 9.97 Å². The number of aryl methyl sites for hydroxylation is 1. The van der Waals surface area contributed by atoms with Crippen molar-refractivity contribution < 1.29 is 13.2 Å². The highest BCUT2D eigenvalue weighted by molar-refractivity contribution is 5.94. The van der Waals surface area contributed by atoms with Crippen LogP contribution in [-0.4, -0.2) is 15.7 Å². The second-order valence-electron chi connectivity index (χ2n) is 6.05. The first kappa shape index (κ1) is 15.7. The number of hydrogen-bond acceptors (Lipinski definition) is 3. The van der Waals surface area contributed by atoms with Crippen LogP contribution in [0.5, 0.6) is 0 Å². The predicted octanol–water partition coefficient (Wildman–Crippen LogP) is 4.91. The van der Waals surface area contributed by atoms with Gasteiger partial charge in [-0.15, -0.1) is 0 Å². The summed E-state index contributed by atoms with van der Waals surface area (Å²) in [6, 6.07) is 11.4. The summed E-state index contributed by atoms with van der Waals surface area (Å²) in [5.41, 5.74) is 4.03. The summed E-state index contributed by atoms with van der Waals surface area (Å²) in [6.45, 7) is 0. The van der Waals surface area contributed by atoms with Crippen molar-refractivity contribution in [3.63, 3.8) is 0 Å². The van der Waals surface area contributed by atoms with E-state index in [0.29, 0.717) is 24.9 Å². The lowest BCUT2D eigenvalue weighted by atomic mass is 10.0. The van der Waals surface area contributed by atoms with E-state index in [1.165, 1.54) is 6.07 Å². The number of alkyl halides is 3. The van der Waals surface area contributed by atoms with E-state index in [4.69, 9.17) is 0 Å². The van der Waals surface area contributed by atoms with Crippen LogP contribution >= 0.6 is 0 Å². The molecule has 2 heterocycles. The number of para-hydroxylation sites is 2. The zero-order valence-electron chi connectivity index (χ0n) is 13.2. The summed E-state index contributed by atoms with van der Waals surface area (Å²) in [6.07, 6.45) is -0.685. The van der Waals surface area contributed by atoms with Gasteiger partial charge in [-0.25, -0.2) is 4.98 Å². The summed E-state index contributed by atoms with van der Waals surface area (Å²) in [5, 5.41) is 0. The van der Waals surface area contributed by atoms with Gasteiger partial charge in [0.25, 0.3) is 0 Å². The molecular formula is C19H14F3N3. The monoisotopic (exact) mass is 341 g/mol. The molecule has 6 heteroatoms. The number of aromatic nitrogens is 2. The minimum absolute atomic E-state index is 0.425. The smallest absolute Gasteiger partial charge is 0.257 e. The zero-order valence-corrected chi connectivity index (χ0v) is 13.2. The minimum Gasteiger partial charge on any atom is -0.257 e. The van der Waals surface area contributed by atoms with Crippen LogP contribution < -0.4 is 0 Å². The molecule has 25 heavy (non-hydrogen) atoms. The standard InChI is InChI=1S/C19H14F3N3/c20-19(21,22)13-6-5-12-9-14(24-18(12)10-13)7-8-15-11-23-16-3-1-2-4-17(16)25-15/h1-6,10-11H,7-9H2. The zero-order chi connectivity index (χ0) is 17.4. The molecule has 4 rings (SSSR count). The van der Waals surface area contributed by atoms with Gasteiger partial charge < -0.3 is 0 Å². The van der Waals surface area contributed by atoms with Gasteiger partial charge in [-0.05, 0) is 42.7 Å². The highest BCUT2D eigenvalue weighted by Gasteiger charge is 2.31. The Hall–Kier alpha value is -2.76. The van der Waals surface area contributed by atoms with E-state index in [1.54, 1.807) is 6.20 Å². The van der Waals surface area contributed by atoms with E-state index >= 15 is 0 Å². The molecule has 1 aliphatic rings. The van der Waals surface area contributed by atoms with Crippen molar-refractivity contribution >= 4 is 22.4 Å². The summed E-state index contributed by atoms with van der Waals surface area (Å²) >= 11 is 0. The third-order valence-electron chi connectivity index (χ3n) is 4.25. The SMILES string of the molecule is FC(F)(F)c1ccc2c(c1)N=C(CCc1cnc3ccccc3n1)C2. The normalized spacial score (nSPS) is 13.8. The predicted molar refractivity (Wildman–Crippen MR) is 90.1 cm³/mol. The fourth-order valence-electron chi connectivity index (χ4n) is 2.96. The van der Waals surface area contributed by atoms with Crippen molar-refractivity contribution in [3.8, 4) is 0 Å². The number of nitrogens with zero attached hydrogens (tertiary/aromatic N) is 3. The van der Waals surface area contributed by atoms with Gasteiger partial charge in [-0.2, -0.15) is 13.2 Å². The van der Waals surface area contributed by atoms with E-state index in [2.05, 4.69) is 15.0 Å². The fourth-order valence-corrected chi connectivity index (χ4v) is 2.96. The molecule has 0 N–H and O–H groups in total. The van der Waals surface area contributed by atoms with Crippen molar-refractivity contribution in [1.29, 1.82) is 0 Å². The molecule has 0 saturated heterocycles. The maximum absolute atomic E-state index is 12.8. The average molecular weight is 341 g/mol. The molecule has 1 aliphatic heterocycles. The van der Waals surface area contributed by atoms with Crippen molar-refractivity contribution in [2.45, 2.75) is 25.4 Å². The van der Waals surface area contributed by atoms with Crippen molar-refractivity contribution in [3.05, 3.63) is 65.5 Å². The highest BCUT2D eigenvalue weighted by Crippen LogP contribution is 2.36. The van der Waals surface area contributed by atoms with Gasteiger partial charge in [-0.3, -0.25) is 9.98 Å². The molecule has 0 saturated carbocycles. The Morgan fingerprint density at radius 1 is 0.960 bits per heavy atom. The first-order valence-corrected chi connectivity index (χ1v) is 7.96. The summed E-state index contributed by atoms with van der Waals surface area (Å²) in [7, 11) is 0. The molecule has 0 amide bonds. The van der Waals surface area contributed by atoms with Gasteiger partial charge >= 0.3 is 6.18 Å². The lowest BCUT2D eigenvalue weighted by molar-refractivity contribution is -0.137. The van der Waals surface area contributed by atoms with Crippen LogP contribution in [0.4, 0.5) is 18.9 Å². The molecule has 1 aromatic heterocycles. The molecule has 0 bridgehead atoms. The quantitative estimate of drug-likeness (QED) is 0.679. The van der Waals surface area contributed by atoms with E-state index in [-0.39, 0.29) is 0 Å². The molecule has 0 aliphatic carbocycles. The third kappa shape index (κ3) is 3.24. The molecule has 0 unspecified atom stereocenters. The lowest BCUT2D eigenvalue weighted by Crippen LogP contribution is -2.04. The molecule has 2 aromatic carbocycles. The van der Waals surface area contributed by atoms with E-state index in [1.807, 2.05) is 24.3 Å². The molecule has 0 fully saturated rings. The van der Waals surface area contributed by atoms with Gasteiger partial charge in [0, 0.05) is 18.3 Å². The van der Waals surface area contributed by atoms with Crippen molar-refractivity contribution in [2.75, 3.05) is 0 Å². The van der Waals surface area contributed by atoms with Crippen LogP contribution in [0.1, 0.15) is 23.2 Å². The van der Waals surface area contributed by atoms with Crippen LogP contribution in [-0.2, 0) is 19.0 Å². The number of halogens is 3. The van der Waals surface area contributed by atoms with E-state index in [9.17, 15) is 13.2 Å². The molecule has 3 aromatic rings. The summed E-state index contributed by atoms with van der Waals surface area (Å²) in [5.74, 6) is 0. The van der Waals surface area contributed by atoms with E-state index < -0.39 is 11.7 Å². The number of aliphatic imine (C=N–C) groups is 1. The van der Waals surface area contributed by atoms with Crippen LogP contribution in [0, 0.1) is 0 Å². The van der Waals surface area contributed by atoms with Crippen LogP contribution in [0.2, 0.25) is 0 Å². The Kier molecular flexibility index (Phi) is 3.75. The molecule has 0 spiro atoms. The Bertz CT molecular complexity index is 977. The summed E-state index contributed by atoms with van der Waals surface area (Å²) < 4.78 is 38.4. The Morgan fingerprint density at radius 2 is 1.76 bits per heavy atom. The van der Waals surface area contributed by atoms with Gasteiger partial charge in [-0.1, -0.05) is 18.2 Å². The number of rotatable bonds is 3. The van der Waals surface area contributed by atoms with Crippen LogP contribution in [0.25, 0.3) is 11.0 Å². The number of fused-ring (bicyclic) bond motifs is 2. The largest absolute Gasteiger partial charge is 0.416 e. The Balaban J connectivity index is 1.49. The van der Waals surface area contributed by atoms with Crippen LogP contribution in [0.15, 0.2) is 53.7 Å². The first-order chi connectivity index (χ1) is 12.0. The third-order valence-corrected chi connectivity index (χ3v) is 4.25. The molecule has 126 valence electrons. The molecule has 0 atom stereocenters. The number of hydrogen-bond donors (Lipinski definition) is 0. The second-order valence-corrected chi connectivity index (χ2v) is 6.05. The minimum atomic E-state index is -4.34. The lowest BCUT2D eigenvalue weighted by Gasteiger charge is -2.07. The Morgan fingerprint density at radius 3 is 2.56 bits per heavy atom. The average Bonchev–Trinajstić information content (AvgIpc) is 3.01. The maximum Gasteiger partial charge on any atom is 0.416 e. The molecular weight excluding hydrogens is 327 g/mol. The highest BCUT2D eigenvalue weighted by atomic mass is 19.4. The number of benzene rings is 2. The summed E-state index contributed by atoms with van der Waals surface area (Å²) in [4.78, 5) is 13.3. The van der Waals surface area contributed by atoms with Gasteiger partial charge in [0.1, 0.15) is 0 Å². The van der Waals surface area contributed by atoms with Gasteiger partial charge in [0.2, 0.25) is 0 Å². The van der Waals surface area contributed by atoms with Crippen LogP contribution in [0.3, 0.4) is 0 Å². The Labute approximate surface area is 142 Å². The van der Waals surface area contributed by atoms with Crippen molar-refractivity contribution in [2.24, 2.45) is 4.99 Å². The van der Waals surface area contributed by atoms with Gasteiger partial charge in [0.15, 0.2) is 0 Å². The molecule has 3 nitrogen and oxygen atoms in total. The molecule has 0 radical (unpaired) electrons. The second kappa shape index (κ2) is 5.95. The van der Waals surface area contributed by atoms with Gasteiger partial charge in [0.05, 0.1) is 28.0 Å². The topological polar surface area (TPSA) is 38.1 Å².